The second kappa shape index (κ2) is 5.89. The Morgan fingerprint density at radius 1 is 1.09 bits per heavy atom. The SMILES string of the molecule is CC1(C)OB(C(F)=Cc2ccccc2-c2ccsc2)OC1(C)C. The van der Waals surface area contributed by atoms with Gasteiger partial charge in [0.1, 0.15) is 5.73 Å². The first-order chi connectivity index (χ1) is 10.8. The Labute approximate surface area is 141 Å². The Morgan fingerprint density at radius 2 is 1.74 bits per heavy atom. The van der Waals surface area contributed by atoms with Crippen LogP contribution in [0.1, 0.15) is 33.3 Å². The fourth-order valence-electron chi connectivity index (χ4n) is 2.48. The van der Waals surface area contributed by atoms with Crippen molar-refractivity contribution in [3.63, 3.8) is 0 Å². The van der Waals surface area contributed by atoms with E-state index < -0.39 is 24.0 Å². The van der Waals surface area contributed by atoms with Crippen molar-refractivity contribution >= 4 is 24.5 Å². The molecular weight excluding hydrogens is 310 g/mol. The van der Waals surface area contributed by atoms with Crippen molar-refractivity contribution in [3.05, 3.63) is 52.4 Å². The van der Waals surface area contributed by atoms with E-state index in [1.54, 1.807) is 11.3 Å². The van der Waals surface area contributed by atoms with Crippen molar-refractivity contribution in [2.75, 3.05) is 0 Å². The summed E-state index contributed by atoms with van der Waals surface area (Å²) in [7, 11) is -0.962. The summed E-state index contributed by atoms with van der Waals surface area (Å²) in [6.07, 6.45) is 1.51. The van der Waals surface area contributed by atoms with Crippen LogP contribution >= 0.6 is 11.3 Å². The molecule has 1 fully saturated rings. The topological polar surface area (TPSA) is 18.5 Å². The minimum absolute atomic E-state index is 0.411. The van der Waals surface area contributed by atoms with Gasteiger partial charge in [-0.1, -0.05) is 24.3 Å². The molecule has 1 saturated heterocycles. The van der Waals surface area contributed by atoms with E-state index in [1.807, 2.05) is 63.4 Å². The minimum Gasteiger partial charge on any atom is -0.398 e. The highest BCUT2D eigenvalue weighted by atomic mass is 32.1. The van der Waals surface area contributed by atoms with Crippen LogP contribution in [0.2, 0.25) is 0 Å². The summed E-state index contributed by atoms with van der Waals surface area (Å²) in [5, 5.41) is 4.07. The molecule has 0 amide bonds. The standard InChI is InChI=1S/C18H20BFO2S/c1-17(2)18(3,4)22-19(21-17)16(20)11-13-7-5-6-8-15(13)14-9-10-23-12-14/h5-12H,1-4H3. The number of rotatable bonds is 3. The van der Waals surface area contributed by atoms with Gasteiger partial charge >= 0.3 is 7.12 Å². The predicted molar refractivity (Wildman–Crippen MR) is 94.9 cm³/mol. The molecule has 1 aliphatic heterocycles. The highest BCUT2D eigenvalue weighted by Crippen LogP contribution is 2.39. The van der Waals surface area contributed by atoms with Gasteiger partial charge in [0.05, 0.1) is 11.2 Å². The van der Waals surface area contributed by atoms with Gasteiger partial charge in [0.25, 0.3) is 0 Å². The van der Waals surface area contributed by atoms with Crippen LogP contribution < -0.4 is 0 Å². The maximum absolute atomic E-state index is 14.7. The van der Waals surface area contributed by atoms with Gasteiger partial charge in [-0.15, -0.1) is 0 Å². The Bertz CT molecular complexity index is 706. The second-order valence-electron chi connectivity index (χ2n) is 6.72. The Balaban J connectivity index is 1.91. The zero-order chi connectivity index (χ0) is 16.7. The van der Waals surface area contributed by atoms with E-state index in [9.17, 15) is 4.39 Å². The van der Waals surface area contributed by atoms with Crippen LogP contribution in [-0.4, -0.2) is 18.3 Å². The molecule has 5 heteroatoms. The van der Waals surface area contributed by atoms with Crippen LogP contribution in [0.3, 0.4) is 0 Å². The smallest absolute Gasteiger partial charge is 0.398 e. The van der Waals surface area contributed by atoms with E-state index in [0.29, 0.717) is 0 Å². The van der Waals surface area contributed by atoms with E-state index in [0.717, 1.165) is 16.7 Å². The lowest BCUT2D eigenvalue weighted by Crippen LogP contribution is -2.41. The third-order valence-electron chi connectivity index (χ3n) is 4.56. The number of thiophene rings is 1. The van der Waals surface area contributed by atoms with Crippen molar-refractivity contribution in [2.24, 2.45) is 0 Å². The van der Waals surface area contributed by atoms with Gasteiger partial charge in [-0.25, -0.2) is 4.39 Å². The highest BCUT2D eigenvalue weighted by molar-refractivity contribution is 7.08. The Hall–Kier alpha value is -1.43. The third kappa shape index (κ3) is 3.14. The van der Waals surface area contributed by atoms with Crippen molar-refractivity contribution < 1.29 is 13.7 Å². The fourth-order valence-corrected chi connectivity index (χ4v) is 3.13. The summed E-state index contributed by atoms with van der Waals surface area (Å²) in [6, 6.07) is 9.78. The van der Waals surface area contributed by atoms with Crippen LogP contribution in [0.25, 0.3) is 17.2 Å². The first-order valence-corrected chi connectivity index (χ1v) is 8.59. The molecule has 0 atom stereocenters. The molecule has 1 aromatic carbocycles. The molecule has 2 nitrogen and oxygen atoms in total. The van der Waals surface area contributed by atoms with Crippen molar-refractivity contribution in [3.8, 4) is 11.1 Å². The monoisotopic (exact) mass is 330 g/mol. The Morgan fingerprint density at radius 3 is 2.35 bits per heavy atom. The molecule has 0 N–H and O–H groups in total. The maximum Gasteiger partial charge on any atom is 0.525 e. The largest absolute Gasteiger partial charge is 0.525 e. The van der Waals surface area contributed by atoms with Gasteiger partial charge in [0, 0.05) is 0 Å². The predicted octanol–water partition coefficient (Wildman–Crippen LogP) is 5.36. The average Bonchev–Trinajstić information content (AvgIpc) is 3.06. The van der Waals surface area contributed by atoms with Crippen LogP contribution in [0.5, 0.6) is 0 Å². The van der Waals surface area contributed by atoms with Gasteiger partial charge in [-0.05, 0) is 67.3 Å². The van der Waals surface area contributed by atoms with Crippen molar-refractivity contribution in [1.29, 1.82) is 0 Å². The normalized spacial score (nSPS) is 20.0. The lowest BCUT2D eigenvalue weighted by atomic mass is 9.86. The molecule has 0 aliphatic carbocycles. The summed E-state index contributed by atoms with van der Waals surface area (Å²) in [5.74, 6) is 0. The summed E-state index contributed by atoms with van der Waals surface area (Å²) in [5.41, 5.74) is 1.40. The lowest BCUT2D eigenvalue weighted by molar-refractivity contribution is 0.00578. The quantitative estimate of drug-likeness (QED) is 0.706. The van der Waals surface area contributed by atoms with E-state index in [1.165, 1.54) is 6.08 Å². The molecule has 3 rings (SSSR count). The van der Waals surface area contributed by atoms with Gasteiger partial charge in [0.2, 0.25) is 0 Å². The molecule has 0 spiro atoms. The maximum atomic E-state index is 14.7. The molecule has 1 aromatic heterocycles. The molecule has 23 heavy (non-hydrogen) atoms. The van der Waals surface area contributed by atoms with E-state index in [-0.39, 0.29) is 0 Å². The number of hydrogen-bond donors (Lipinski definition) is 0. The van der Waals surface area contributed by atoms with Gasteiger partial charge < -0.3 is 9.31 Å². The molecule has 0 saturated carbocycles. The second-order valence-corrected chi connectivity index (χ2v) is 7.50. The van der Waals surface area contributed by atoms with Crippen LogP contribution in [0.4, 0.5) is 4.39 Å². The van der Waals surface area contributed by atoms with Crippen LogP contribution in [-0.2, 0) is 9.31 Å². The van der Waals surface area contributed by atoms with Gasteiger partial charge in [-0.3, -0.25) is 0 Å². The minimum atomic E-state index is -0.962. The van der Waals surface area contributed by atoms with Gasteiger partial charge in [0.15, 0.2) is 0 Å². The summed E-state index contributed by atoms with van der Waals surface area (Å²) in [4.78, 5) is 0. The number of hydrogen-bond acceptors (Lipinski definition) is 3. The number of benzene rings is 1. The summed E-state index contributed by atoms with van der Waals surface area (Å²) >= 11 is 1.62. The van der Waals surface area contributed by atoms with E-state index >= 15 is 0 Å². The fraction of sp³-hybridized carbons (Fsp3) is 0.333. The average molecular weight is 330 g/mol. The van der Waals surface area contributed by atoms with E-state index in [2.05, 4.69) is 5.38 Å². The number of halogens is 1. The zero-order valence-electron chi connectivity index (χ0n) is 13.8. The highest BCUT2D eigenvalue weighted by Gasteiger charge is 2.53. The third-order valence-corrected chi connectivity index (χ3v) is 5.25. The first-order valence-electron chi connectivity index (χ1n) is 7.64. The molecule has 120 valence electrons. The Kier molecular flexibility index (Phi) is 4.21. The molecule has 0 radical (unpaired) electrons. The molecule has 1 aliphatic rings. The summed E-state index contributed by atoms with van der Waals surface area (Å²) < 4.78 is 26.2. The molecule has 0 unspecified atom stereocenters. The molecule has 0 bridgehead atoms. The van der Waals surface area contributed by atoms with Crippen LogP contribution in [0.15, 0.2) is 46.8 Å². The zero-order valence-corrected chi connectivity index (χ0v) is 14.6. The van der Waals surface area contributed by atoms with Crippen molar-refractivity contribution in [1.82, 2.24) is 0 Å². The summed E-state index contributed by atoms with van der Waals surface area (Å²) in [6.45, 7) is 7.67. The first kappa shape index (κ1) is 16.4. The van der Waals surface area contributed by atoms with Crippen LogP contribution in [0, 0.1) is 0 Å². The molecular formula is C18H20BFO2S. The molecule has 2 heterocycles. The van der Waals surface area contributed by atoms with E-state index in [4.69, 9.17) is 9.31 Å². The van der Waals surface area contributed by atoms with Gasteiger partial charge in [-0.2, -0.15) is 11.3 Å². The molecule has 2 aromatic rings. The van der Waals surface area contributed by atoms with Crippen molar-refractivity contribution in [2.45, 2.75) is 38.9 Å². The lowest BCUT2D eigenvalue weighted by Gasteiger charge is -2.32.